The van der Waals surface area contributed by atoms with Crippen LogP contribution >= 0.6 is 0 Å². The largest absolute Gasteiger partial charge is 0.481 e. The normalized spacial score (nSPS) is 16.5. The quantitative estimate of drug-likeness (QED) is 0.641. The fourth-order valence-corrected chi connectivity index (χ4v) is 1.00. The Kier molecular flexibility index (Phi) is 4.11. The van der Waals surface area contributed by atoms with Gasteiger partial charge >= 0.3 is 5.97 Å². The molecule has 0 bridgehead atoms. The van der Waals surface area contributed by atoms with E-state index in [0.29, 0.717) is 5.92 Å². The minimum absolute atomic E-state index is 0.150. The zero-order valence-electron chi connectivity index (χ0n) is 7.37. The van der Waals surface area contributed by atoms with Crippen LogP contribution in [0.5, 0.6) is 0 Å². The molecule has 0 aliphatic carbocycles. The number of hydrogen-bond acceptors (Lipinski definition) is 2. The van der Waals surface area contributed by atoms with Gasteiger partial charge in [0.1, 0.15) is 0 Å². The first-order chi connectivity index (χ1) is 5.00. The van der Waals surface area contributed by atoms with Crippen LogP contribution in [0, 0.1) is 17.8 Å². The fourth-order valence-electron chi connectivity index (χ4n) is 1.00. The lowest BCUT2D eigenvalue weighted by Gasteiger charge is -2.21. The fraction of sp³-hybridized carbons (Fsp3) is 0.875. The summed E-state index contributed by atoms with van der Waals surface area (Å²) in [5.74, 6) is -0.652. The molecule has 0 aromatic rings. The third-order valence-corrected chi connectivity index (χ3v) is 2.26. The summed E-state index contributed by atoms with van der Waals surface area (Å²) in [6, 6.07) is 0. The lowest BCUT2D eigenvalue weighted by Crippen LogP contribution is -2.31. The van der Waals surface area contributed by atoms with Crippen molar-refractivity contribution in [1.82, 2.24) is 0 Å². The molecule has 0 fully saturated rings. The first-order valence-corrected chi connectivity index (χ1v) is 3.93. The highest BCUT2D eigenvalue weighted by Gasteiger charge is 2.24. The Labute approximate surface area is 67.6 Å². The Balaban J connectivity index is 4.14. The molecular formula is C8H17NO2. The van der Waals surface area contributed by atoms with E-state index in [1.165, 1.54) is 0 Å². The van der Waals surface area contributed by atoms with Crippen LogP contribution in [0.15, 0.2) is 0 Å². The second-order valence-electron chi connectivity index (χ2n) is 3.28. The van der Waals surface area contributed by atoms with E-state index in [4.69, 9.17) is 10.8 Å². The summed E-state index contributed by atoms with van der Waals surface area (Å²) in [4.78, 5) is 10.6. The molecule has 2 unspecified atom stereocenters. The van der Waals surface area contributed by atoms with Crippen LogP contribution in [0.1, 0.15) is 20.8 Å². The van der Waals surface area contributed by atoms with Crippen molar-refractivity contribution in [1.29, 1.82) is 0 Å². The molecule has 0 spiro atoms. The number of nitrogens with two attached hydrogens (primary N) is 1. The van der Waals surface area contributed by atoms with E-state index in [2.05, 4.69) is 0 Å². The average Bonchev–Trinajstić information content (AvgIpc) is 1.88. The van der Waals surface area contributed by atoms with Gasteiger partial charge < -0.3 is 10.8 Å². The summed E-state index contributed by atoms with van der Waals surface area (Å²) in [7, 11) is 0. The van der Waals surface area contributed by atoms with Gasteiger partial charge in [0.2, 0.25) is 0 Å². The maximum absolute atomic E-state index is 10.6. The standard InChI is InChI=1S/C8H17NO2/c1-5(2)6(3)7(4-9)8(10)11/h5-7H,4,9H2,1-3H3,(H,10,11). The van der Waals surface area contributed by atoms with Gasteiger partial charge in [-0.15, -0.1) is 0 Å². The van der Waals surface area contributed by atoms with E-state index in [9.17, 15) is 4.79 Å². The van der Waals surface area contributed by atoms with Gasteiger partial charge in [0, 0.05) is 6.54 Å². The Morgan fingerprint density at radius 3 is 2.00 bits per heavy atom. The molecule has 2 atom stereocenters. The van der Waals surface area contributed by atoms with Crippen LogP contribution < -0.4 is 5.73 Å². The van der Waals surface area contributed by atoms with Crippen LogP contribution in [0.4, 0.5) is 0 Å². The van der Waals surface area contributed by atoms with Gasteiger partial charge in [0.05, 0.1) is 5.92 Å². The molecule has 3 N–H and O–H groups in total. The maximum atomic E-state index is 10.6. The number of hydrogen-bond donors (Lipinski definition) is 2. The number of carboxylic acid groups (broad SMARTS) is 1. The minimum atomic E-state index is -0.784. The van der Waals surface area contributed by atoms with Gasteiger partial charge in [-0.1, -0.05) is 20.8 Å². The van der Waals surface area contributed by atoms with Crippen molar-refractivity contribution in [3.8, 4) is 0 Å². The van der Waals surface area contributed by atoms with Gasteiger partial charge in [-0.25, -0.2) is 0 Å². The van der Waals surface area contributed by atoms with Crippen molar-refractivity contribution >= 4 is 5.97 Å². The van der Waals surface area contributed by atoms with Gasteiger partial charge in [-0.2, -0.15) is 0 Å². The molecule has 11 heavy (non-hydrogen) atoms. The van der Waals surface area contributed by atoms with Crippen LogP contribution in [-0.2, 0) is 4.79 Å². The second kappa shape index (κ2) is 4.34. The molecule has 0 radical (unpaired) electrons. The molecule has 0 heterocycles. The number of rotatable bonds is 4. The molecule has 0 amide bonds. The first-order valence-electron chi connectivity index (χ1n) is 3.93. The molecule has 0 aromatic heterocycles. The van der Waals surface area contributed by atoms with Gasteiger partial charge in [0.15, 0.2) is 0 Å². The first kappa shape index (κ1) is 10.4. The molecule has 0 aromatic carbocycles. The Morgan fingerprint density at radius 1 is 1.45 bits per heavy atom. The number of carbonyl (C=O) groups is 1. The average molecular weight is 159 g/mol. The van der Waals surface area contributed by atoms with Crippen molar-refractivity contribution in [3.63, 3.8) is 0 Å². The summed E-state index contributed by atoms with van der Waals surface area (Å²) < 4.78 is 0. The Bertz CT molecular complexity index is 134. The molecule has 0 rings (SSSR count). The monoisotopic (exact) mass is 159 g/mol. The molecule has 0 saturated heterocycles. The lowest BCUT2D eigenvalue weighted by atomic mass is 9.85. The summed E-state index contributed by atoms with van der Waals surface area (Å²) in [5, 5.41) is 8.71. The number of aliphatic carboxylic acids is 1. The molecule has 66 valence electrons. The third-order valence-electron chi connectivity index (χ3n) is 2.26. The van der Waals surface area contributed by atoms with Crippen LogP contribution in [0.2, 0.25) is 0 Å². The van der Waals surface area contributed by atoms with Gasteiger partial charge in [-0.3, -0.25) is 4.79 Å². The zero-order chi connectivity index (χ0) is 9.02. The maximum Gasteiger partial charge on any atom is 0.308 e. The van der Waals surface area contributed by atoms with E-state index in [1.807, 2.05) is 20.8 Å². The van der Waals surface area contributed by atoms with Gasteiger partial charge in [0.25, 0.3) is 0 Å². The van der Waals surface area contributed by atoms with Crippen molar-refractivity contribution in [2.75, 3.05) is 6.54 Å². The van der Waals surface area contributed by atoms with Crippen molar-refractivity contribution in [2.24, 2.45) is 23.5 Å². The van der Waals surface area contributed by atoms with Crippen molar-refractivity contribution in [3.05, 3.63) is 0 Å². The highest BCUT2D eigenvalue weighted by Crippen LogP contribution is 2.19. The van der Waals surface area contributed by atoms with Crippen LogP contribution in [-0.4, -0.2) is 17.6 Å². The lowest BCUT2D eigenvalue weighted by molar-refractivity contribution is -0.143. The van der Waals surface area contributed by atoms with E-state index < -0.39 is 11.9 Å². The second-order valence-corrected chi connectivity index (χ2v) is 3.28. The third kappa shape index (κ3) is 2.89. The smallest absolute Gasteiger partial charge is 0.308 e. The van der Waals surface area contributed by atoms with Crippen LogP contribution in [0.3, 0.4) is 0 Å². The Morgan fingerprint density at radius 2 is 1.91 bits per heavy atom. The summed E-state index contributed by atoms with van der Waals surface area (Å²) in [6.45, 7) is 6.18. The summed E-state index contributed by atoms with van der Waals surface area (Å²) in [5.41, 5.74) is 5.33. The number of carboxylic acids is 1. The molecule has 0 saturated carbocycles. The van der Waals surface area contributed by atoms with Crippen LogP contribution in [0.25, 0.3) is 0 Å². The van der Waals surface area contributed by atoms with Crippen molar-refractivity contribution in [2.45, 2.75) is 20.8 Å². The van der Waals surface area contributed by atoms with Gasteiger partial charge in [-0.05, 0) is 11.8 Å². The van der Waals surface area contributed by atoms with E-state index in [1.54, 1.807) is 0 Å². The van der Waals surface area contributed by atoms with E-state index >= 15 is 0 Å². The molecule has 3 nitrogen and oxygen atoms in total. The summed E-state index contributed by atoms with van der Waals surface area (Å²) >= 11 is 0. The van der Waals surface area contributed by atoms with Crippen molar-refractivity contribution < 1.29 is 9.90 Å². The molecule has 0 aliphatic heterocycles. The highest BCUT2D eigenvalue weighted by atomic mass is 16.4. The highest BCUT2D eigenvalue weighted by molar-refractivity contribution is 5.70. The summed E-state index contributed by atoms with van der Waals surface area (Å²) in [6.07, 6.45) is 0. The SMILES string of the molecule is CC(C)C(C)C(CN)C(=O)O. The zero-order valence-corrected chi connectivity index (χ0v) is 7.37. The topological polar surface area (TPSA) is 63.3 Å². The van der Waals surface area contributed by atoms with E-state index in [-0.39, 0.29) is 12.5 Å². The predicted molar refractivity (Wildman–Crippen MR) is 44.2 cm³/mol. The molecular weight excluding hydrogens is 142 g/mol. The molecule has 0 aliphatic rings. The van der Waals surface area contributed by atoms with E-state index in [0.717, 1.165) is 0 Å². The predicted octanol–water partition coefficient (Wildman–Crippen LogP) is 0.938. The molecule has 3 heteroatoms. The Hall–Kier alpha value is -0.570. The minimum Gasteiger partial charge on any atom is -0.481 e.